The van der Waals surface area contributed by atoms with Gasteiger partial charge in [-0.15, -0.1) is 5.10 Å². The SMILES string of the molecule is CCOC(=O)c1cnn(-c2ccc(C(=O)Nc3cccc(-c4nnnn4C4CC4)c3)cc2)c1C. The Kier molecular flexibility index (Phi) is 5.62. The van der Waals surface area contributed by atoms with Gasteiger partial charge in [0.05, 0.1) is 30.2 Å². The number of carbonyl (C=O) groups excluding carboxylic acids is 2. The van der Waals surface area contributed by atoms with Crippen molar-refractivity contribution in [2.75, 3.05) is 11.9 Å². The van der Waals surface area contributed by atoms with E-state index in [0.29, 0.717) is 41.0 Å². The van der Waals surface area contributed by atoms with Crippen molar-refractivity contribution >= 4 is 17.6 Å². The normalized spacial score (nSPS) is 13.0. The smallest absolute Gasteiger partial charge is 0.341 e. The molecular weight excluding hydrogens is 434 g/mol. The molecule has 0 aliphatic heterocycles. The molecule has 0 saturated heterocycles. The summed E-state index contributed by atoms with van der Waals surface area (Å²) in [6, 6.07) is 14.8. The van der Waals surface area contributed by atoms with Crippen LogP contribution in [0.25, 0.3) is 17.1 Å². The zero-order chi connectivity index (χ0) is 23.7. The summed E-state index contributed by atoms with van der Waals surface area (Å²) >= 11 is 0. The molecule has 4 aromatic rings. The molecule has 2 aromatic carbocycles. The Hall–Kier alpha value is -4.34. The van der Waals surface area contributed by atoms with E-state index in [1.807, 2.05) is 28.9 Å². The van der Waals surface area contributed by atoms with Crippen LogP contribution < -0.4 is 5.32 Å². The van der Waals surface area contributed by atoms with E-state index in [4.69, 9.17) is 4.74 Å². The van der Waals surface area contributed by atoms with E-state index in [-0.39, 0.29) is 5.91 Å². The lowest BCUT2D eigenvalue weighted by Gasteiger charge is -2.09. The lowest BCUT2D eigenvalue weighted by molar-refractivity contribution is 0.0525. The van der Waals surface area contributed by atoms with Gasteiger partial charge in [0, 0.05) is 16.8 Å². The van der Waals surface area contributed by atoms with Gasteiger partial charge in [0.2, 0.25) is 0 Å². The molecule has 0 bridgehead atoms. The number of esters is 1. The molecule has 10 nitrogen and oxygen atoms in total. The minimum Gasteiger partial charge on any atom is -0.462 e. The zero-order valence-corrected chi connectivity index (χ0v) is 18.8. The predicted molar refractivity (Wildman–Crippen MR) is 124 cm³/mol. The molecule has 1 fully saturated rings. The van der Waals surface area contributed by atoms with Crippen molar-refractivity contribution in [3.63, 3.8) is 0 Å². The van der Waals surface area contributed by atoms with Crippen molar-refractivity contribution in [3.05, 3.63) is 71.5 Å². The number of nitrogens with zero attached hydrogens (tertiary/aromatic N) is 6. The molecule has 1 aliphatic rings. The van der Waals surface area contributed by atoms with Gasteiger partial charge in [-0.1, -0.05) is 12.1 Å². The van der Waals surface area contributed by atoms with Crippen molar-refractivity contribution in [2.24, 2.45) is 0 Å². The predicted octanol–water partition coefficient (Wildman–Crippen LogP) is 3.60. The highest BCUT2D eigenvalue weighted by molar-refractivity contribution is 6.04. The van der Waals surface area contributed by atoms with Gasteiger partial charge in [0.1, 0.15) is 5.56 Å². The third kappa shape index (κ3) is 4.17. The molecule has 2 heterocycles. The molecule has 1 aliphatic carbocycles. The first-order chi connectivity index (χ1) is 16.5. The van der Waals surface area contributed by atoms with E-state index >= 15 is 0 Å². The van der Waals surface area contributed by atoms with Crippen LogP contribution in [-0.2, 0) is 4.74 Å². The fourth-order valence-corrected chi connectivity index (χ4v) is 3.72. The Morgan fingerprint density at radius 1 is 1.15 bits per heavy atom. The Morgan fingerprint density at radius 2 is 1.94 bits per heavy atom. The second-order valence-electron chi connectivity index (χ2n) is 8.04. The van der Waals surface area contributed by atoms with Gasteiger partial charge in [-0.05, 0) is 73.5 Å². The van der Waals surface area contributed by atoms with Crippen molar-refractivity contribution in [2.45, 2.75) is 32.7 Å². The summed E-state index contributed by atoms with van der Waals surface area (Å²) in [5, 5.41) is 19.2. The van der Waals surface area contributed by atoms with Crippen LogP contribution in [0.15, 0.2) is 54.7 Å². The lowest BCUT2D eigenvalue weighted by atomic mass is 10.1. The zero-order valence-electron chi connectivity index (χ0n) is 18.8. The molecule has 1 N–H and O–H groups in total. The number of hydrogen-bond acceptors (Lipinski definition) is 7. The molecule has 34 heavy (non-hydrogen) atoms. The van der Waals surface area contributed by atoms with Crippen LogP contribution >= 0.6 is 0 Å². The number of amides is 1. The summed E-state index contributed by atoms with van der Waals surface area (Å²) in [5.74, 6) is 0.0465. The van der Waals surface area contributed by atoms with Gasteiger partial charge in [-0.3, -0.25) is 4.79 Å². The molecule has 0 radical (unpaired) electrons. The first-order valence-electron chi connectivity index (χ1n) is 11.1. The second kappa shape index (κ2) is 8.89. The van der Waals surface area contributed by atoms with Gasteiger partial charge in [-0.2, -0.15) is 5.10 Å². The van der Waals surface area contributed by atoms with Crippen LogP contribution in [0.1, 0.15) is 52.2 Å². The molecule has 1 amide bonds. The van der Waals surface area contributed by atoms with Crippen molar-refractivity contribution in [1.82, 2.24) is 30.0 Å². The third-order valence-corrected chi connectivity index (χ3v) is 5.64. The lowest BCUT2D eigenvalue weighted by Crippen LogP contribution is -2.12. The third-order valence-electron chi connectivity index (χ3n) is 5.64. The minimum absolute atomic E-state index is 0.241. The molecular formula is C24H23N7O3. The molecule has 0 unspecified atom stereocenters. The molecule has 5 rings (SSSR count). The standard InChI is InChI=1S/C24H23N7O3/c1-3-34-24(33)21-14-25-30(15(21)2)19-9-7-16(8-10-19)23(32)26-18-6-4-5-17(13-18)22-27-28-29-31(22)20-11-12-20/h4-10,13-14,20H,3,11-12H2,1-2H3,(H,26,32). The van der Waals surface area contributed by atoms with Gasteiger partial charge < -0.3 is 10.1 Å². The number of ether oxygens (including phenoxy) is 1. The number of hydrogen-bond donors (Lipinski definition) is 1. The van der Waals surface area contributed by atoms with Crippen LogP contribution in [0.3, 0.4) is 0 Å². The van der Waals surface area contributed by atoms with Crippen molar-refractivity contribution in [1.29, 1.82) is 0 Å². The van der Waals surface area contributed by atoms with Crippen LogP contribution in [-0.4, -0.2) is 48.5 Å². The van der Waals surface area contributed by atoms with E-state index in [9.17, 15) is 9.59 Å². The molecule has 10 heteroatoms. The highest BCUT2D eigenvalue weighted by atomic mass is 16.5. The summed E-state index contributed by atoms with van der Waals surface area (Å²) in [7, 11) is 0. The van der Waals surface area contributed by atoms with Gasteiger partial charge in [-0.25, -0.2) is 14.2 Å². The number of anilines is 1. The van der Waals surface area contributed by atoms with Crippen LogP contribution in [0.5, 0.6) is 0 Å². The first kappa shape index (κ1) is 21.5. The van der Waals surface area contributed by atoms with E-state index < -0.39 is 5.97 Å². The fraction of sp³-hybridized carbons (Fsp3) is 0.250. The number of benzene rings is 2. The molecule has 172 valence electrons. The Labute approximate surface area is 195 Å². The average molecular weight is 457 g/mol. The maximum Gasteiger partial charge on any atom is 0.341 e. The number of tetrazole rings is 1. The average Bonchev–Trinajstić information content (AvgIpc) is 3.44. The van der Waals surface area contributed by atoms with E-state index in [0.717, 1.165) is 24.1 Å². The maximum atomic E-state index is 12.8. The summed E-state index contributed by atoms with van der Waals surface area (Å²) in [6.07, 6.45) is 3.64. The quantitative estimate of drug-likeness (QED) is 0.421. The van der Waals surface area contributed by atoms with E-state index in [1.165, 1.54) is 6.20 Å². The topological polar surface area (TPSA) is 117 Å². The highest BCUT2D eigenvalue weighted by Gasteiger charge is 2.28. The number of aromatic nitrogens is 6. The molecule has 1 saturated carbocycles. The van der Waals surface area contributed by atoms with Gasteiger partial charge in [0.15, 0.2) is 5.82 Å². The van der Waals surface area contributed by atoms with E-state index in [2.05, 4.69) is 25.9 Å². The number of rotatable bonds is 7. The van der Waals surface area contributed by atoms with Crippen molar-refractivity contribution < 1.29 is 14.3 Å². The second-order valence-corrected chi connectivity index (χ2v) is 8.04. The largest absolute Gasteiger partial charge is 0.462 e. The Balaban J connectivity index is 1.31. The molecule has 0 atom stereocenters. The van der Waals surface area contributed by atoms with Crippen molar-refractivity contribution in [3.8, 4) is 17.1 Å². The fourth-order valence-electron chi connectivity index (χ4n) is 3.72. The van der Waals surface area contributed by atoms with Crippen LogP contribution in [0.4, 0.5) is 5.69 Å². The molecule has 2 aromatic heterocycles. The Morgan fingerprint density at radius 3 is 2.68 bits per heavy atom. The summed E-state index contributed by atoms with van der Waals surface area (Å²) in [6.45, 7) is 3.86. The maximum absolute atomic E-state index is 12.8. The van der Waals surface area contributed by atoms with E-state index in [1.54, 1.807) is 42.8 Å². The molecule has 0 spiro atoms. The minimum atomic E-state index is -0.407. The van der Waals surface area contributed by atoms with Gasteiger partial charge in [0.25, 0.3) is 5.91 Å². The monoisotopic (exact) mass is 457 g/mol. The van der Waals surface area contributed by atoms with Gasteiger partial charge >= 0.3 is 5.97 Å². The van der Waals surface area contributed by atoms with Crippen LogP contribution in [0, 0.1) is 6.92 Å². The number of nitrogens with one attached hydrogen (secondary N) is 1. The summed E-state index contributed by atoms with van der Waals surface area (Å²) in [5.41, 5.74) is 3.80. The number of carbonyl (C=O) groups is 2. The summed E-state index contributed by atoms with van der Waals surface area (Å²) < 4.78 is 8.54. The Bertz CT molecular complexity index is 1350. The first-order valence-corrected chi connectivity index (χ1v) is 11.1. The highest BCUT2D eigenvalue weighted by Crippen LogP contribution is 2.36. The van der Waals surface area contributed by atoms with Crippen LogP contribution in [0.2, 0.25) is 0 Å². The summed E-state index contributed by atoms with van der Waals surface area (Å²) in [4.78, 5) is 24.9.